The SMILES string of the molecule is Cc1ccc(Cn2c(-c3ccc(Oc4ccccc4)cc3)cc3ccccc3c2=O)c(C)c1. The number of rotatable bonds is 5. The number of aryl methyl sites for hydroxylation is 2. The summed E-state index contributed by atoms with van der Waals surface area (Å²) in [4.78, 5) is 13.6. The monoisotopic (exact) mass is 431 g/mol. The first-order valence-electron chi connectivity index (χ1n) is 11.1. The molecule has 0 aliphatic heterocycles. The number of hydrogen-bond acceptors (Lipinski definition) is 2. The first-order chi connectivity index (χ1) is 16.1. The lowest BCUT2D eigenvalue weighted by molar-refractivity contribution is 0.483. The van der Waals surface area contributed by atoms with Crippen LogP contribution < -0.4 is 10.3 Å². The average molecular weight is 432 g/mol. The van der Waals surface area contributed by atoms with E-state index in [2.05, 4.69) is 38.1 Å². The minimum absolute atomic E-state index is 0.0210. The molecule has 0 aliphatic carbocycles. The molecule has 0 fully saturated rings. The maximum atomic E-state index is 13.6. The van der Waals surface area contributed by atoms with Crippen molar-refractivity contribution in [2.24, 2.45) is 0 Å². The third-order valence-corrected chi connectivity index (χ3v) is 5.97. The van der Waals surface area contributed by atoms with Gasteiger partial charge in [0.05, 0.1) is 12.2 Å². The predicted molar refractivity (Wildman–Crippen MR) is 135 cm³/mol. The van der Waals surface area contributed by atoms with Gasteiger partial charge in [-0.25, -0.2) is 0 Å². The summed E-state index contributed by atoms with van der Waals surface area (Å²) in [5, 5.41) is 1.68. The van der Waals surface area contributed by atoms with Crippen molar-refractivity contribution in [3.05, 3.63) is 130 Å². The van der Waals surface area contributed by atoms with Crippen molar-refractivity contribution in [1.82, 2.24) is 4.57 Å². The van der Waals surface area contributed by atoms with E-state index in [0.29, 0.717) is 6.54 Å². The fraction of sp³-hybridized carbons (Fsp3) is 0.100. The van der Waals surface area contributed by atoms with Gasteiger partial charge < -0.3 is 9.30 Å². The smallest absolute Gasteiger partial charge is 0.259 e. The summed E-state index contributed by atoms with van der Waals surface area (Å²) in [6.07, 6.45) is 0. The summed E-state index contributed by atoms with van der Waals surface area (Å²) in [6.45, 7) is 4.71. The molecule has 5 aromatic rings. The lowest BCUT2D eigenvalue weighted by Crippen LogP contribution is -2.23. The van der Waals surface area contributed by atoms with Gasteiger partial charge in [-0.1, -0.05) is 60.2 Å². The highest BCUT2D eigenvalue weighted by Crippen LogP contribution is 2.28. The molecule has 0 saturated carbocycles. The molecule has 0 saturated heterocycles. The Labute approximate surface area is 193 Å². The average Bonchev–Trinajstić information content (AvgIpc) is 2.83. The van der Waals surface area contributed by atoms with Gasteiger partial charge in [0, 0.05) is 5.39 Å². The van der Waals surface area contributed by atoms with E-state index in [-0.39, 0.29) is 5.56 Å². The van der Waals surface area contributed by atoms with Gasteiger partial charge in [-0.3, -0.25) is 4.79 Å². The Balaban J connectivity index is 1.59. The van der Waals surface area contributed by atoms with Crippen LogP contribution in [0.3, 0.4) is 0 Å². The molecule has 0 amide bonds. The topological polar surface area (TPSA) is 31.2 Å². The van der Waals surface area contributed by atoms with Crippen LogP contribution in [0.1, 0.15) is 16.7 Å². The minimum Gasteiger partial charge on any atom is -0.457 e. The Morgan fingerprint density at radius 2 is 1.42 bits per heavy atom. The predicted octanol–water partition coefficient (Wildman–Crippen LogP) is 7.13. The highest BCUT2D eigenvalue weighted by atomic mass is 16.5. The van der Waals surface area contributed by atoms with E-state index in [1.807, 2.05) is 83.4 Å². The van der Waals surface area contributed by atoms with Crippen LogP contribution >= 0.6 is 0 Å². The Kier molecular flexibility index (Phi) is 5.54. The minimum atomic E-state index is 0.0210. The second kappa shape index (κ2) is 8.79. The lowest BCUT2D eigenvalue weighted by atomic mass is 10.0. The van der Waals surface area contributed by atoms with Gasteiger partial charge in [0.15, 0.2) is 0 Å². The zero-order valence-corrected chi connectivity index (χ0v) is 18.8. The highest BCUT2D eigenvalue weighted by molar-refractivity contribution is 5.85. The van der Waals surface area contributed by atoms with E-state index in [0.717, 1.165) is 39.1 Å². The number of hydrogen-bond donors (Lipinski definition) is 0. The molecular weight excluding hydrogens is 406 g/mol. The van der Waals surface area contributed by atoms with Crippen LogP contribution in [-0.4, -0.2) is 4.57 Å². The van der Waals surface area contributed by atoms with Gasteiger partial charge in [0.1, 0.15) is 11.5 Å². The molecule has 0 bridgehead atoms. The second-order valence-corrected chi connectivity index (χ2v) is 8.38. The highest BCUT2D eigenvalue weighted by Gasteiger charge is 2.13. The van der Waals surface area contributed by atoms with Crippen molar-refractivity contribution in [2.75, 3.05) is 0 Å². The quantitative estimate of drug-likeness (QED) is 0.296. The van der Waals surface area contributed by atoms with Crippen LogP contribution in [0, 0.1) is 13.8 Å². The first-order valence-corrected chi connectivity index (χ1v) is 11.1. The van der Waals surface area contributed by atoms with Gasteiger partial charge in [-0.05, 0) is 84.5 Å². The molecule has 0 atom stereocenters. The van der Waals surface area contributed by atoms with Gasteiger partial charge in [-0.15, -0.1) is 0 Å². The van der Waals surface area contributed by atoms with E-state index < -0.39 is 0 Å². The second-order valence-electron chi connectivity index (χ2n) is 8.38. The van der Waals surface area contributed by atoms with Crippen LogP contribution in [0.25, 0.3) is 22.0 Å². The number of benzene rings is 4. The number of nitrogens with zero attached hydrogens (tertiary/aromatic N) is 1. The van der Waals surface area contributed by atoms with Crippen LogP contribution in [0.5, 0.6) is 11.5 Å². The van der Waals surface area contributed by atoms with Crippen molar-refractivity contribution in [3.8, 4) is 22.8 Å². The maximum Gasteiger partial charge on any atom is 0.259 e. The number of para-hydroxylation sites is 1. The van der Waals surface area contributed by atoms with Crippen LogP contribution in [0.4, 0.5) is 0 Å². The summed E-state index contributed by atoms with van der Waals surface area (Å²) in [5.74, 6) is 1.55. The molecule has 3 heteroatoms. The Hall–Kier alpha value is -4.11. The summed E-state index contributed by atoms with van der Waals surface area (Å²) in [6, 6.07) is 33.9. The van der Waals surface area contributed by atoms with Gasteiger partial charge in [0.25, 0.3) is 5.56 Å². The number of ether oxygens (including phenoxy) is 1. The number of pyridine rings is 1. The summed E-state index contributed by atoms with van der Waals surface area (Å²) >= 11 is 0. The van der Waals surface area contributed by atoms with E-state index in [4.69, 9.17) is 4.74 Å². The molecule has 162 valence electrons. The molecule has 0 aliphatic rings. The van der Waals surface area contributed by atoms with Crippen molar-refractivity contribution in [3.63, 3.8) is 0 Å². The zero-order chi connectivity index (χ0) is 22.8. The van der Waals surface area contributed by atoms with Crippen molar-refractivity contribution >= 4 is 10.8 Å². The van der Waals surface area contributed by atoms with Crippen LogP contribution in [0.15, 0.2) is 108 Å². The van der Waals surface area contributed by atoms with Crippen molar-refractivity contribution in [1.29, 1.82) is 0 Å². The Bertz CT molecular complexity index is 1480. The normalized spacial score (nSPS) is 11.0. The molecule has 0 N–H and O–H groups in total. The van der Waals surface area contributed by atoms with E-state index in [1.54, 1.807) is 0 Å². The number of aromatic nitrogens is 1. The largest absolute Gasteiger partial charge is 0.457 e. The first kappa shape index (κ1) is 20.8. The molecule has 5 rings (SSSR count). The molecule has 1 aromatic heterocycles. The van der Waals surface area contributed by atoms with Crippen molar-refractivity contribution < 1.29 is 4.74 Å². The molecule has 0 unspecified atom stereocenters. The Morgan fingerprint density at radius 3 is 2.18 bits per heavy atom. The third-order valence-electron chi connectivity index (χ3n) is 5.97. The molecule has 0 spiro atoms. The van der Waals surface area contributed by atoms with Gasteiger partial charge in [-0.2, -0.15) is 0 Å². The summed E-state index contributed by atoms with van der Waals surface area (Å²) in [7, 11) is 0. The summed E-state index contributed by atoms with van der Waals surface area (Å²) in [5.41, 5.74) is 5.44. The van der Waals surface area contributed by atoms with E-state index in [1.165, 1.54) is 11.1 Å². The molecule has 0 radical (unpaired) electrons. The molecule has 33 heavy (non-hydrogen) atoms. The standard InChI is InChI=1S/C30H25NO2/c1-21-12-13-25(22(2)18-21)20-31-29(19-24-8-6-7-11-28(24)30(31)32)23-14-16-27(17-15-23)33-26-9-4-3-5-10-26/h3-19H,20H2,1-2H3. The molecule has 1 heterocycles. The van der Waals surface area contributed by atoms with Gasteiger partial charge in [0.2, 0.25) is 0 Å². The van der Waals surface area contributed by atoms with Crippen molar-refractivity contribution in [2.45, 2.75) is 20.4 Å². The fourth-order valence-electron chi connectivity index (χ4n) is 4.21. The molecule has 3 nitrogen and oxygen atoms in total. The number of fused-ring (bicyclic) bond motifs is 1. The van der Waals surface area contributed by atoms with Gasteiger partial charge >= 0.3 is 0 Å². The van der Waals surface area contributed by atoms with Crippen LogP contribution in [-0.2, 0) is 6.54 Å². The molecular formula is C30H25NO2. The van der Waals surface area contributed by atoms with E-state index >= 15 is 0 Å². The lowest BCUT2D eigenvalue weighted by Gasteiger charge is -2.17. The molecule has 4 aromatic carbocycles. The summed E-state index contributed by atoms with van der Waals surface area (Å²) < 4.78 is 7.83. The third kappa shape index (κ3) is 4.31. The fourth-order valence-corrected chi connectivity index (χ4v) is 4.21. The Morgan fingerprint density at radius 1 is 0.727 bits per heavy atom. The van der Waals surface area contributed by atoms with E-state index in [9.17, 15) is 4.79 Å². The zero-order valence-electron chi connectivity index (χ0n) is 18.8. The maximum absolute atomic E-state index is 13.6. The van der Waals surface area contributed by atoms with Crippen LogP contribution in [0.2, 0.25) is 0 Å².